The average molecular weight is 247 g/mol. The van der Waals surface area contributed by atoms with Crippen LogP contribution in [0.1, 0.15) is 25.5 Å². The topological polar surface area (TPSA) is 55.5 Å². The van der Waals surface area contributed by atoms with Crippen LogP contribution in [0.25, 0.3) is 11.3 Å². The van der Waals surface area contributed by atoms with Gasteiger partial charge in [0.05, 0.1) is 13.2 Å². The zero-order valence-corrected chi connectivity index (χ0v) is 10.4. The molecule has 0 bridgehead atoms. The smallest absolute Gasteiger partial charge is 0.167 e. The SMILES string of the molecule is CCCCOc1ccc(-c2cc(CO)no2)cc1. The number of hydrogen-bond acceptors (Lipinski definition) is 4. The fourth-order valence-electron chi connectivity index (χ4n) is 1.57. The van der Waals surface area contributed by atoms with E-state index >= 15 is 0 Å². The lowest BCUT2D eigenvalue weighted by atomic mass is 10.1. The molecule has 0 aliphatic heterocycles. The van der Waals surface area contributed by atoms with Gasteiger partial charge >= 0.3 is 0 Å². The molecule has 2 rings (SSSR count). The van der Waals surface area contributed by atoms with E-state index in [2.05, 4.69) is 12.1 Å². The summed E-state index contributed by atoms with van der Waals surface area (Å²) in [4.78, 5) is 0. The lowest BCUT2D eigenvalue weighted by Gasteiger charge is -2.05. The molecule has 4 heteroatoms. The number of hydrogen-bond donors (Lipinski definition) is 1. The Hall–Kier alpha value is -1.81. The van der Waals surface area contributed by atoms with E-state index in [4.69, 9.17) is 14.4 Å². The number of aliphatic hydroxyl groups excluding tert-OH is 1. The van der Waals surface area contributed by atoms with Crippen LogP contribution in [0.3, 0.4) is 0 Å². The molecule has 0 fully saturated rings. The second-order valence-electron chi connectivity index (χ2n) is 4.07. The van der Waals surface area contributed by atoms with E-state index in [9.17, 15) is 0 Å². The van der Waals surface area contributed by atoms with E-state index in [1.165, 1.54) is 0 Å². The van der Waals surface area contributed by atoms with Crippen LogP contribution in [0.4, 0.5) is 0 Å². The van der Waals surface area contributed by atoms with Crippen molar-refractivity contribution in [3.63, 3.8) is 0 Å². The summed E-state index contributed by atoms with van der Waals surface area (Å²) in [5, 5.41) is 12.7. The van der Waals surface area contributed by atoms with E-state index in [-0.39, 0.29) is 6.61 Å². The van der Waals surface area contributed by atoms with Gasteiger partial charge in [0.1, 0.15) is 11.4 Å². The largest absolute Gasteiger partial charge is 0.494 e. The normalized spacial score (nSPS) is 10.6. The molecule has 4 nitrogen and oxygen atoms in total. The van der Waals surface area contributed by atoms with Crippen LogP contribution in [-0.2, 0) is 6.61 Å². The van der Waals surface area contributed by atoms with Gasteiger partial charge in [-0.2, -0.15) is 0 Å². The van der Waals surface area contributed by atoms with E-state index in [0.717, 1.165) is 30.8 Å². The number of nitrogens with zero attached hydrogens (tertiary/aromatic N) is 1. The minimum atomic E-state index is -0.109. The first kappa shape index (κ1) is 12.6. The molecule has 1 aromatic carbocycles. The molecule has 0 unspecified atom stereocenters. The highest BCUT2D eigenvalue weighted by Gasteiger charge is 2.06. The van der Waals surface area contributed by atoms with Crippen molar-refractivity contribution in [1.29, 1.82) is 0 Å². The third kappa shape index (κ3) is 3.11. The standard InChI is InChI=1S/C14H17NO3/c1-2-3-8-17-13-6-4-11(5-7-13)14-9-12(10-16)15-18-14/h4-7,9,16H,2-3,8,10H2,1H3. The van der Waals surface area contributed by atoms with Gasteiger partial charge in [-0.05, 0) is 30.7 Å². The van der Waals surface area contributed by atoms with Crippen molar-refractivity contribution < 1.29 is 14.4 Å². The predicted octanol–water partition coefficient (Wildman–Crippen LogP) is 3.01. The Morgan fingerprint density at radius 2 is 2.06 bits per heavy atom. The predicted molar refractivity (Wildman–Crippen MR) is 68.3 cm³/mol. The Bertz CT molecular complexity index is 476. The number of unbranched alkanes of at least 4 members (excludes halogenated alkanes) is 1. The third-order valence-electron chi connectivity index (χ3n) is 2.63. The van der Waals surface area contributed by atoms with Crippen molar-refractivity contribution in [3.8, 4) is 17.1 Å². The Labute approximate surface area is 106 Å². The van der Waals surface area contributed by atoms with Crippen molar-refractivity contribution in [2.75, 3.05) is 6.61 Å². The highest BCUT2D eigenvalue weighted by Crippen LogP contribution is 2.23. The van der Waals surface area contributed by atoms with Gasteiger partial charge in [-0.1, -0.05) is 18.5 Å². The van der Waals surface area contributed by atoms with Gasteiger partial charge < -0.3 is 14.4 Å². The first-order chi connectivity index (χ1) is 8.83. The van der Waals surface area contributed by atoms with Crippen molar-refractivity contribution >= 4 is 0 Å². The molecule has 0 aliphatic rings. The Balaban J connectivity index is 2.02. The summed E-state index contributed by atoms with van der Waals surface area (Å²) in [6, 6.07) is 9.39. The average Bonchev–Trinajstić information content (AvgIpc) is 2.89. The maximum absolute atomic E-state index is 8.92. The second-order valence-corrected chi connectivity index (χ2v) is 4.07. The lowest BCUT2D eigenvalue weighted by molar-refractivity contribution is 0.267. The molecule has 18 heavy (non-hydrogen) atoms. The van der Waals surface area contributed by atoms with Gasteiger partial charge in [-0.25, -0.2) is 0 Å². The van der Waals surface area contributed by atoms with Crippen molar-refractivity contribution in [3.05, 3.63) is 36.0 Å². The molecule has 2 aromatic rings. The number of ether oxygens (including phenoxy) is 1. The maximum atomic E-state index is 8.92. The van der Waals surface area contributed by atoms with Crippen LogP contribution in [0.15, 0.2) is 34.9 Å². The molecule has 0 radical (unpaired) electrons. The maximum Gasteiger partial charge on any atom is 0.167 e. The van der Waals surface area contributed by atoms with Crippen LogP contribution in [-0.4, -0.2) is 16.9 Å². The number of rotatable bonds is 6. The second kappa shape index (κ2) is 6.21. The van der Waals surface area contributed by atoms with Crippen LogP contribution in [0.2, 0.25) is 0 Å². The van der Waals surface area contributed by atoms with E-state index in [1.807, 2.05) is 24.3 Å². The molecule has 1 aromatic heterocycles. The van der Waals surface area contributed by atoms with E-state index in [1.54, 1.807) is 6.07 Å². The minimum absolute atomic E-state index is 0.109. The van der Waals surface area contributed by atoms with Gasteiger partial charge in [0.25, 0.3) is 0 Å². The highest BCUT2D eigenvalue weighted by atomic mass is 16.5. The van der Waals surface area contributed by atoms with Crippen LogP contribution < -0.4 is 4.74 Å². The van der Waals surface area contributed by atoms with E-state index < -0.39 is 0 Å². The first-order valence-corrected chi connectivity index (χ1v) is 6.13. The summed E-state index contributed by atoms with van der Waals surface area (Å²) in [5.74, 6) is 1.51. The molecule has 1 heterocycles. The monoisotopic (exact) mass is 247 g/mol. The van der Waals surface area contributed by atoms with Gasteiger partial charge in [0.15, 0.2) is 5.76 Å². The molecule has 0 amide bonds. The van der Waals surface area contributed by atoms with Crippen LogP contribution in [0, 0.1) is 0 Å². The molecule has 1 N–H and O–H groups in total. The Morgan fingerprint density at radius 1 is 1.28 bits per heavy atom. The molecule has 0 aliphatic carbocycles. The molecule has 0 atom stereocenters. The minimum Gasteiger partial charge on any atom is -0.494 e. The van der Waals surface area contributed by atoms with E-state index in [0.29, 0.717) is 11.5 Å². The zero-order valence-electron chi connectivity index (χ0n) is 10.4. The molecule has 0 spiro atoms. The zero-order chi connectivity index (χ0) is 12.8. The number of aliphatic hydroxyl groups is 1. The van der Waals surface area contributed by atoms with Crippen molar-refractivity contribution in [2.24, 2.45) is 0 Å². The summed E-state index contributed by atoms with van der Waals surface area (Å²) >= 11 is 0. The first-order valence-electron chi connectivity index (χ1n) is 6.13. The summed E-state index contributed by atoms with van der Waals surface area (Å²) in [5.41, 5.74) is 1.46. The van der Waals surface area contributed by atoms with Crippen LogP contribution >= 0.6 is 0 Å². The van der Waals surface area contributed by atoms with Gasteiger partial charge in [0.2, 0.25) is 0 Å². The quantitative estimate of drug-likeness (QED) is 0.797. The molecule has 96 valence electrons. The Kier molecular flexibility index (Phi) is 4.36. The fourth-order valence-corrected chi connectivity index (χ4v) is 1.57. The van der Waals surface area contributed by atoms with Gasteiger partial charge in [-0.15, -0.1) is 0 Å². The Morgan fingerprint density at radius 3 is 2.67 bits per heavy atom. The summed E-state index contributed by atoms with van der Waals surface area (Å²) in [6.07, 6.45) is 2.18. The molecule has 0 saturated carbocycles. The molecular formula is C14H17NO3. The summed E-state index contributed by atoms with van der Waals surface area (Å²) in [6.45, 7) is 2.77. The molecule has 0 saturated heterocycles. The fraction of sp³-hybridized carbons (Fsp3) is 0.357. The summed E-state index contributed by atoms with van der Waals surface area (Å²) in [7, 11) is 0. The molecular weight excluding hydrogens is 230 g/mol. The van der Waals surface area contributed by atoms with Gasteiger partial charge in [0, 0.05) is 11.6 Å². The lowest BCUT2D eigenvalue weighted by Crippen LogP contribution is -1.95. The third-order valence-corrected chi connectivity index (χ3v) is 2.63. The van der Waals surface area contributed by atoms with Crippen LogP contribution in [0.5, 0.6) is 5.75 Å². The highest BCUT2D eigenvalue weighted by molar-refractivity contribution is 5.58. The summed E-state index contributed by atoms with van der Waals surface area (Å²) < 4.78 is 10.7. The van der Waals surface area contributed by atoms with Crippen molar-refractivity contribution in [1.82, 2.24) is 5.16 Å². The van der Waals surface area contributed by atoms with Gasteiger partial charge in [-0.3, -0.25) is 0 Å². The number of aromatic nitrogens is 1. The number of benzene rings is 1. The van der Waals surface area contributed by atoms with Crippen molar-refractivity contribution in [2.45, 2.75) is 26.4 Å².